The fourth-order valence-corrected chi connectivity index (χ4v) is 3.14. The quantitative estimate of drug-likeness (QED) is 0.658. The average molecular weight is 356 g/mol. The number of hydrogen-bond acceptors (Lipinski definition) is 4. The first-order valence-corrected chi connectivity index (χ1v) is 9.46. The molecule has 1 unspecified atom stereocenters. The van der Waals surface area contributed by atoms with E-state index < -0.39 is 15.4 Å². The van der Waals surface area contributed by atoms with Crippen LogP contribution in [0.4, 0.5) is 0 Å². The number of nitrogens with two attached hydrogens (primary N) is 1. The Balaban J connectivity index is 3.09. The summed E-state index contributed by atoms with van der Waals surface area (Å²) in [6.45, 7) is 14.2. The van der Waals surface area contributed by atoms with Crippen LogP contribution in [0.25, 0.3) is 0 Å². The van der Waals surface area contributed by atoms with Crippen molar-refractivity contribution in [1.29, 1.82) is 0 Å². The summed E-state index contributed by atoms with van der Waals surface area (Å²) in [6, 6.07) is 5.54. The van der Waals surface area contributed by atoms with E-state index in [4.69, 9.17) is 9.88 Å². The van der Waals surface area contributed by atoms with Crippen LogP contribution in [0.1, 0.15) is 54.9 Å². The van der Waals surface area contributed by atoms with Crippen molar-refractivity contribution in [3.63, 3.8) is 0 Å². The molecule has 24 heavy (non-hydrogen) atoms. The van der Waals surface area contributed by atoms with Gasteiger partial charge in [0.05, 0.1) is 10.3 Å². The van der Waals surface area contributed by atoms with Crippen LogP contribution in [-0.2, 0) is 14.8 Å². The van der Waals surface area contributed by atoms with Crippen LogP contribution in [-0.4, -0.2) is 14.4 Å². The van der Waals surface area contributed by atoms with Gasteiger partial charge in [-0.05, 0) is 48.4 Å². The zero-order valence-electron chi connectivity index (χ0n) is 15.6. The summed E-state index contributed by atoms with van der Waals surface area (Å²) in [5, 5.41) is 5.07. The van der Waals surface area contributed by atoms with Gasteiger partial charge in [-0.1, -0.05) is 41.5 Å². The van der Waals surface area contributed by atoms with E-state index in [1.807, 2.05) is 27.7 Å². The maximum absolute atomic E-state index is 12.9. The van der Waals surface area contributed by atoms with Crippen molar-refractivity contribution in [3.05, 3.63) is 24.3 Å². The van der Waals surface area contributed by atoms with Gasteiger partial charge in [-0.3, -0.25) is 4.79 Å². The van der Waals surface area contributed by atoms with E-state index in [1.54, 1.807) is 0 Å². The Bertz CT molecular complexity index is 694. The predicted molar refractivity (Wildman–Crippen MR) is 95.1 cm³/mol. The lowest BCUT2D eigenvalue weighted by atomic mass is 9.61. The zero-order valence-corrected chi connectivity index (χ0v) is 16.5. The predicted octanol–water partition coefficient (Wildman–Crippen LogP) is 3.73. The number of ether oxygens (including phenoxy) is 1. The van der Waals surface area contributed by atoms with E-state index in [1.165, 1.54) is 24.3 Å². The maximum atomic E-state index is 12.9. The number of esters is 1. The van der Waals surface area contributed by atoms with Crippen LogP contribution in [0, 0.1) is 16.2 Å². The molecule has 0 spiro atoms. The minimum atomic E-state index is -3.76. The van der Waals surface area contributed by atoms with E-state index in [2.05, 4.69) is 20.8 Å². The van der Waals surface area contributed by atoms with Gasteiger partial charge in [-0.25, -0.2) is 13.6 Å². The summed E-state index contributed by atoms with van der Waals surface area (Å²) in [5.41, 5.74) is -1.03. The van der Waals surface area contributed by atoms with E-state index in [0.29, 0.717) is 12.2 Å². The van der Waals surface area contributed by atoms with Gasteiger partial charge in [0.2, 0.25) is 10.0 Å². The lowest BCUT2D eigenvalue weighted by Crippen LogP contribution is -2.45. The van der Waals surface area contributed by atoms with Gasteiger partial charge in [0.25, 0.3) is 0 Å². The summed E-state index contributed by atoms with van der Waals surface area (Å²) < 4.78 is 28.1. The van der Waals surface area contributed by atoms with Gasteiger partial charge in [0.15, 0.2) is 0 Å². The lowest BCUT2D eigenvalue weighted by Gasteiger charge is -2.43. The molecule has 0 aliphatic rings. The number of rotatable bonds is 4. The summed E-state index contributed by atoms with van der Waals surface area (Å²) in [5.74, 6) is -0.0231. The Kier molecular flexibility index (Phi) is 5.58. The van der Waals surface area contributed by atoms with Crippen LogP contribution in [0.2, 0.25) is 0 Å². The van der Waals surface area contributed by atoms with Crippen LogP contribution in [0.3, 0.4) is 0 Å². The highest BCUT2D eigenvalue weighted by molar-refractivity contribution is 7.89. The summed E-state index contributed by atoms with van der Waals surface area (Å²) in [4.78, 5) is 12.9. The molecule has 0 aliphatic heterocycles. The highest BCUT2D eigenvalue weighted by Crippen LogP contribution is 2.47. The smallest absolute Gasteiger partial charge is 0.317 e. The number of carbonyl (C=O) groups excluding carboxylic acids is 1. The molecule has 0 saturated carbocycles. The molecule has 1 aromatic rings. The Morgan fingerprint density at radius 2 is 1.46 bits per heavy atom. The van der Waals surface area contributed by atoms with Crippen LogP contribution in [0.15, 0.2) is 29.2 Å². The van der Waals surface area contributed by atoms with Crippen LogP contribution >= 0.6 is 0 Å². The molecule has 0 heterocycles. The molecule has 0 bridgehead atoms. The summed E-state index contributed by atoms with van der Waals surface area (Å²) in [6.07, 6.45) is 0.664. The Labute approximate surface area is 145 Å². The molecule has 0 aliphatic carbocycles. The third-order valence-corrected chi connectivity index (χ3v) is 5.28. The fraction of sp³-hybridized carbons (Fsp3) is 0.611. The van der Waals surface area contributed by atoms with Crippen LogP contribution < -0.4 is 9.88 Å². The molecule has 0 saturated heterocycles. The van der Waals surface area contributed by atoms with Crippen molar-refractivity contribution in [1.82, 2.24) is 0 Å². The van der Waals surface area contributed by atoms with Crippen molar-refractivity contribution in [2.75, 3.05) is 0 Å². The molecule has 5 nitrogen and oxygen atoms in total. The number of hydrogen-bond donors (Lipinski definition) is 1. The van der Waals surface area contributed by atoms with Gasteiger partial charge in [-0.2, -0.15) is 0 Å². The highest BCUT2D eigenvalue weighted by Gasteiger charge is 2.47. The molecule has 1 aromatic carbocycles. The van der Waals surface area contributed by atoms with Crippen LogP contribution in [0.5, 0.6) is 5.75 Å². The molecule has 1 atom stereocenters. The SMILES string of the molecule is CC(C)(C)CC(C)(C(=O)Oc1ccc(S(N)(=O)=O)cc1)C(C)(C)C. The van der Waals surface area contributed by atoms with Crippen molar-refractivity contribution >= 4 is 16.0 Å². The minimum absolute atomic E-state index is 0.0180. The molecule has 136 valence electrons. The van der Waals surface area contributed by atoms with Crippen molar-refractivity contribution < 1.29 is 17.9 Å². The van der Waals surface area contributed by atoms with E-state index in [0.717, 1.165) is 0 Å². The van der Waals surface area contributed by atoms with E-state index >= 15 is 0 Å². The normalized spacial score (nSPS) is 15.7. The van der Waals surface area contributed by atoms with Crippen molar-refractivity contribution in [2.45, 2.75) is 59.8 Å². The molecule has 0 fully saturated rings. The minimum Gasteiger partial charge on any atom is -0.426 e. The molecule has 0 aromatic heterocycles. The first-order valence-electron chi connectivity index (χ1n) is 7.91. The standard InChI is InChI=1S/C18H29NO4S/c1-16(2,3)12-18(7,17(4,5)6)15(20)23-13-8-10-14(11-9-13)24(19,21)22/h8-11H,12H2,1-7H3,(H2,19,21,22). The fourth-order valence-electron chi connectivity index (χ4n) is 2.62. The molecular formula is C18H29NO4S. The molecule has 2 N–H and O–H groups in total. The van der Waals surface area contributed by atoms with E-state index in [9.17, 15) is 13.2 Å². The summed E-state index contributed by atoms with van der Waals surface area (Å²) in [7, 11) is -3.76. The Morgan fingerprint density at radius 1 is 1.00 bits per heavy atom. The molecule has 0 radical (unpaired) electrons. The molecular weight excluding hydrogens is 326 g/mol. The number of sulfonamides is 1. The maximum Gasteiger partial charge on any atom is 0.317 e. The number of primary sulfonamides is 1. The Morgan fingerprint density at radius 3 is 1.79 bits per heavy atom. The zero-order chi connectivity index (χ0) is 19.0. The second-order valence-electron chi connectivity index (χ2n) is 8.73. The van der Waals surface area contributed by atoms with Crippen molar-refractivity contribution in [3.8, 4) is 5.75 Å². The lowest BCUT2D eigenvalue weighted by molar-refractivity contribution is -0.154. The first-order chi connectivity index (χ1) is 10.6. The van der Waals surface area contributed by atoms with Gasteiger partial charge >= 0.3 is 5.97 Å². The summed E-state index contributed by atoms with van der Waals surface area (Å²) >= 11 is 0. The third-order valence-electron chi connectivity index (χ3n) is 4.35. The number of benzene rings is 1. The monoisotopic (exact) mass is 355 g/mol. The third kappa shape index (κ3) is 5.05. The largest absolute Gasteiger partial charge is 0.426 e. The first kappa shape index (κ1) is 20.6. The van der Waals surface area contributed by atoms with Crippen molar-refractivity contribution in [2.24, 2.45) is 21.4 Å². The Hall–Kier alpha value is -1.40. The van der Waals surface area contributed by atoms with Gasteiger partial charge < -0.3 is 4.74 Å². The van der Waals surface area contributed by atoms with Gasteiger partial charge in [0, 0.05) is 0 Å². The number of carbonyl (C=O) groups is 1. The molecule has 1 rings (SSSR count). The van der Waals surface area contributed by atoms with Gasteiger partial charge in [-0.15, -0.1) is 0 Å². The van der Waals surface area contributed by atoms with Gasteiger partial charge in [0.1, 0.15) is 5.75 Å². The molecule has 0 amide bonds. The average Bonchev–Trinajstić information content (AvgIpc) is 2.34. The van der Waals surface area contributed by atoms with E-state index in [-0.39, 0.29) is 21.7 Å². The molecule has 6 heteroatoms. The topological polar surface area (TPSA) is 86.5 Å². The highest BCUT2D eigenvalue weighted by atomic mass is 32.2. The second kappa shape index (κ2) is 6.48. The second-order valence-corrected chi connectivity index (χ2v) is 10.3.